The van der Waals surface area contributed by atoms with Crippen LogP contribution < -0.4 is 11.0 Å². The molecule has 1 fully saturated rings. The van der Waals surface area contributed by atoms with Crippen LogP contribution in [0, 0.1) is 5.82 Å². The van der Waals surface area contributed by atoms with E-state index >= 15 is 0 Å². The number of pyridine rings is 2. The quantitative estimate of drug-likeness (QED) is 0.292. The summed E-state index contributed by atoms with van der Waals surface area (Å²) in [6, 6.07) is 10.2. The van der Waals surface area contributed by atoms with Crippen LogP contribution >= 0.6 is 11.6 Å². The van der Waals surface area contributed by atoms with E-state index in [0.29, 0.717) is 12.3 Å². The van der Waals surface area contributed by atoms with Crippen molar-refractivity contribution in [1.29, 1.82) is 0 Å². The molecule has 9 nitrogen and oxygen atoms in total. The summed E-state index contributed by atoms with van der Waals surface area (Å²) in [5, 5.41) is 0.000312. The van der Waals surface area contributed by atoms with Gasteiger partial charge in [-0.25, -0.2) is 14.2 Å². The average molecular weight is 525 g/mol. The minimum atomic E-state index is -0.994. The SMILES string of the molecule is CCOC(=O)c1cc2c(=O)n3ccccc3nc2n(C[C@@H]2CCCO2)c1=NC(=O)c1c(F)cccc1Cl. The van der Waals surface area contributed by atoms with Crippen molar-refractivity contribution in [2.24, 2.45) is 4.99 Å². The van der Waals surface area contributed by atoms with Crippen LogP contribution in [0.15, 0.2) is 58.4 Å². The smallest absolute Gasteiger partial charge is 0.341 e. The van der Waals surface area contributed by atoms with E-state index in [-0.39, 0.29) is 46.4 Å². The van der Waals surface area contributed by atoms with Crippen LogP contribution in [-0.2, 0) is 16.0 Å². The minimum absolute atomic E-state index is 0.0457. The topological polar surface area (TPSA) is 104 Å². The highest BCUT2D eigenvalue weighted by Gasteiger charge is 2.24. The highest BCUT2D eigenvalue weighted by Crippen LogP contribution is 2.21. The summed E-state index contributed by atoms with van der Waals surface area (Å²) >= 11 is 6.11. The van der Waals surface area contributed by atoms with Crippen molar-refractivity contribution in [3.63, 3.8) is 0 Å². The van der Waals surface area contributed by atoms with Gasteiger partial charge in [0.25, 0.3) is 11.5 Å². The standard InChI is InChI=1S/C26H22ClFN4O5/c1-2-36-26(35)17-13-16-22(29-20-10-3-4-11-31(20)25(16)34)32(14-15-7-6-12-37-15)23(17)30-24(33)21-18(27)8-5-9-19(21)28/h3-5,8-11,13,15H,2,6-7,12,14H2,1H3/t15-/m0/s1. The van der Waals surface area contributed by atoms with E-state index in [0.717, 1.165) is 18.9 Å². The number of esters is 1. The lowest BCUT2D eigenvalue weighted by Crippen LogP contribution is -2.35. The van der Waals surface area contributed by atoms with Crippen LogP contribution in [0.25, 0.3) is 16.7 Å². The number of amides is 1. The molecule has 190 valence electrons. The molecule has 1 aliphatic heterocycles. The summed E-state index contributed by atoms with van der Waals surface area (Å²) in [4.78, 5) is 48.5. The number of fused-ring (bicyclic) bond motifs is 2. The number of benzene rings is 1. The Morgan fingerprint density at radius 1 is 1.27 bits per heavy atom. The third kappa shape index (κ3) is 4.65. The second-order valence-corrected chi connectivity index (χ2v) is 8.85. The Morgan fingerprint density at radius 2 is 2.11 bits per heavy atom. The molecule has 1 atom stereocenters. The molecule has 4 aromatic rings. The maximum atomic E-state index is 14.6. The fourth-order valence-corrected chi connectivity index (χ4v) is 4.62. The molecule has 0 unspecified atom stereocenters. The summed E-state index contributed by atoms with van der Waals surface area (Å²) < 4.78 is 28.4. The Hall–Kier alpha value is -3.89. The molecule has 0 spiro atoms. The van der Waals surface area contributed by atoms with Gasteiger partial charge in [0.15, 0.2) is 5.49 Å². The Bertz CT molecular complexity index is 1650. The van der Waals surface area contributed by atoms with Crippen molar-refractivity contribution >= 4 is 40.2 Å². The molecule has 37 heavy (non-hydrogen) atoms. The number of aromatic nitrogens is 3. The average Bonchev–Trinajstić information content (AvgIpc) is 3.39. The van der Waals surface area contributed by atoms with Crippen LogP contribution in [0.3, 0.4) is 0 Å². The summed E-state index contributed by atoms with van der Waals surface area (Å²) in [6.07, 6.45) is 2.84. The highest BCUT2D eigenvalue weighted by atomic mass is 35.5. The van der Waals surface area contributed by atoms with Crippen molar-refractivity contribution in [2.75, 3.05) is 13.2 Å². The van der Waals surface area contributed by atoms with Crippen molar-refractivity contribution in [1.82, 2.24) is 14.0 Å². The zero-order chi connectivity index (χ0) is 26.1. The first-order valence-electron chi connectivity index (χ1n) is 11.8. The number of nitrogens with zero attached hydrogens (tertiary/aromatic N) is 4. The lowest BCUT2D eigenvalue weighted by Gasteiger charge is -2.18. The second kappa shape index (κ2) is 10.2. The summed E-state index contributed by atoms with van der Waals surface area (Å²) in [5.41, 5.74) is -0.553. The van der Waals surface area contributed by atoms with Gasteiger partial charge >= 0.3 is 5.97 Å². The van der Waals surface area contributed by atoms with Gasteiger partial charge in [0.2, 0.25) is 0 Å². The zero-order valence-electron chi connectivity index (χ0n) is 19.8. The number of hydrogen-bond donors (Lipinski definition) is 0. The fraction of sp³-hybridized carbons (Fsp3) is 0.269. The molecule has 1 aliphatic rings. The molecular weight excluding hydrogens is 503 g/mol. The molecule has 0 radical (unpaired) electrons. The van der Waals surface area contributed by atoms with Crippen LogP contribution in [0.4, 0.5) is 4.39 Å². The molecule has 3 aromatic heterocycles. The first-order valence-corrected chi connectivity index (χ1v) is 12.1. The third-order valence-corrected chi connectivity index (χ3v) is 6.39. The monoisotopic (exact) mass is 524 g/mol. The number of halogens is 2. The Morgan fingerprint density at radius 3 is 2.84 bits per heavy atom. The number of carbonyl (C=O) groups excluding carboxylic acids is 2. The van der Waals surface area contributed by atoms with E-state index in [9.17, 15) is 18.8 Å². The van der Waals surface area contributed by atoms with Crippen LogP contribution in [-0.4, -0.2) is 45.1 Å². The van der Waals surface area contributed by atoms with E-state index in [2.05, 4.69) is 9.98 Å². The maximum absolute atomic E-state index is 14.6. The number of rotatable bonds is 5. The first-order chi connectivity index (χ1) is 17.9. The Balaban J connectivity index is 1.88. The first kappa shape index (κ1) is 24.8. The van der Waals surface area contributed by atoms with E-state index in [4.69, 9.17) is 21.1 Å². The van der Waals surface area contributed by atoms with Gasteiger partial charge in [-0.2, -0.15) is 4.99 Å². The summed E-state index contributed by atoms with van der Waals surface area (Å²) in [6.45, 7) is 2.38. The number of hydrogen-bond acceptors (Lipinski definition) is 6. The van der Waals surface area contributed by atoms with Crippen molar-refractivity contribution < 1.29 is 23.5 Å². The molecule has 1 aromatic carbocycles. The van der Waals surface area contributed by atoms with Gasteiger partial charge in [-0.05, 0) is 50.1 Å². The fourth-order valence-electron chi connectivity index (χ4n) is 4.38. The molecule has 0 aliphatic carbocycles. The minimum Gasteiger partial charge on any atom is -0.462 e. The van der Waals surface area contributed by atoms with Crippen LogP contribution in [0.1, 0.15) is 40.5 Å². The normalized spacial score (nSPS) is 16.0. The predicted molar refractivity (Wildman–Crippen MR) is 133 cm³/mol. The van der Waals surface area contributed by atoms with Gasteiger partial charge in [-0.15, -0.1) is 0 Å². The van der Waals surface area contributed by atoms with Gasteiger partial charge in [0, 0.05) is 12.8 Å². The van der Waals surface area contributed by atoms with Gasteiger partial charge in [0.1, 0.15) is 22.7 Å². The number of ether oxygens (including phenoxy) is 2. The lowest BCUT2D eigenvalue weighted by atomic mass is 10.1. The molecule has 0 N–H and O–H groups in total. The van der Waals surface area contributed by atoms with Crippen molar-refractivity contribution in [2.45, 2.75) is 32.4 Å². The Kier molecular flexibility index (Phi) is 6.86. The van der Waals surface area contributed by atoms with Crippen LogP contribution in [0.5, 0.6) is 0 Å². The molecule has 5 rings (SSSR count). The molecule has 1 amide bonds. The van der Waals surface area contributed by atoms with E-state index in [1.165, 1.54) is 27.2 Å². The zero-order valence-corrected chi connectivity index (χ0v) is 20.6. The highest BCUT2D eigenvalue weighted by molar-refractivity contribution is 6.33. The van der Waals surface area contributed by atoms with Crippen molar-refractivity contribution in [3.8, 4) is 0 Å². The van der Waals surface area contributed by atoms with Gasteiger partial charge < -0.3 is 14.0 Å². The second-order valence-electron chi connectivity index (χ2n) is 8.44. The molecule has 1 saturated heterocycles. The Labute approximate surface area is 214 Å². The summed E-state index contributed by atoms with van der Waals surface area (Å²) in [7, 11) is 0. The molecule has 0 saturated carbocycles. The molecular formula is C26H22ClFN4O5. The third-order valence-electron chi connectivity index (χ3n) is 6.08. The molecule has 11 heteroatoms. The number of carbonyl (C=O) groups is 2. The summed E-state index contributed by atoms with van der Waals surface area (Å²) in [5.74, 6) is -2.64. The predicted octanol–water partition coefficient (Wildman–Crippen LogP) is 3.54. The van der Waals surface area contributed by atoms with Crippen molar-refractivity contribution in [3.05, 3.63) is 86.5 Å². The molecule has 4 heterocycles. The lowest BCUT2D eigenvalue weighted by molar-refractivity contribution is 0.0521. The van der Waals surface area contributed by atoms with Crippen LogP contribution in [0.2, 0.25) is 5.02 Å². The van der Waals surface area contributed by atoms with E-state index in [1.54, 1.807) is 31.3 Å². The van der Waals surface area contributed by atoms with Gasteiger partial charge in [0.05, 0.1) is 35.2 Å². The van der Waals surface area contributed by atoms with Gasteiger partial charge in [-0.3, -0.25) is 14.0 Å². The van der Waals surface area contributed by atoms with Gasteiger partial charge in [-0.1, -0.05) is 23.7 Å². The maximum Gasteiger partial charge on any atom is 0.341 e. The van der Waals surface area contributed by atoms with E-state index in [1.807, 2.05) is 0 Å². The molecule has 0 bridgehead atoms. The largest absolute Gasteiger partial charge is 0.462 e. The van der Waals surface area contributed by atoms with E-state index < -0.39 is 28.8 Å².